The topological polar surface area (TPSA) is 77.8 Å². The summed E-state index contributed by atoms with van der Waals surface area (Å²) in [5.74, 6) is 0.736. The lowest BCUT2D eigenvalue weighted by Gasteiger charge is -2.51. The first kappa shape index (κ1) is 12.8. The van der Waals surface area contributed by atoms with Gasteiger partial charge in [-0.15, -0.1) is 0 Å². The summed E-state index contributed by atoms with van der Waals surface area (Å²) in [5.41, 5.74) is 0. The van der Waals surface area contributed by atoms with E-state index in [2.05, 4.69) is 10.6 Å². The molecule has 2 fully saturated rings. The molecule has 4 amide bonds. The number of hydrogen-bond donors (Lipinski definition) is 2. The second-order valence-electron chi connectivity index (χ2n) is 5.39. The van der Waals surface area contributed by atoms with Gasteiger partial charge in [0.2, 0.25) is 0 Å². The summed E-state index contributed by atoms with van der Waals surface area (Å²) in [4.78, 5) is 27.2. The summed E-state index contributed by atoms with van der Waals surface area (Å²) in [7, 11) is 3.42. The molecule has 0 bridgehead atoms. The molecular weight excluding hydrogens is 260 g/mol. The van der Waals surface area contributed by atoms with Gasteiger partial charge in [0.1, 0.15) is 11.9 Å². The molecule has 3 heterocycles. The third kappa shape index (κ3) is 1.73. The molecule has 4 atom stereocenters. The van der Waals surface area contributed by atoms with Crippen LogP contribution in [-0.2, 0) is 0 Å². The molecule has 7 nitrogen and oxygen atoms in total. The minimum absolute atomic E-state index is 0.00606. The van der Waals surface area contributed by atoms with Gasteiger partial charge in [-0.2, -0.15) is 0 Å². The Labute approximate surface area is 116 Å². The average molecular weight is 278 g/mol. The molecule has 0 unspecified atom stereocenters. The largest absolute Gasteiger partial charge is 0.467 e. The lowest BCUT2D eigenvalue weighted by molar-refractivity contribution is 0.0175. The first-order chi connectivity index (χ1) is 9.50. The van der Waals surface area contributed by atoms with E-state index in [-0.39, 0.29) is 36.2 Å². The number of urea groups is 2. The molecule has 0 spiro atoms. The van der Waals surface area contributed by atoms with Crippen LogP contribution in [0.4, 0.5) is 9.59 Å². The highest BCUT2D eigenvalue weighted by Crippen LogP contribution is 2.38. The third-order valence-corrected chi connectivity index (χ3v) is 4.24. The number of fused-ring (bicyclic) bond motifs is 1. The molecule has 2 N–H and O–H groups in total. The molecule has 0 aliphatic carbocycles. The first-order valence-electron chi connectivity index (χ1n) is 6.60. The van der Waals surface area contributed by atoms with E-state index in [9.17, 15) is 9.59 Å². The SMILES string of the molecule is C[C@@H]1NC(=O)N(C)[C@@H]2NC(=O)N(C)[C@H](c3ccco3)[C@H]12. The minimum atomic E-state index is -0.336. The van der Waals surface area contributed by atoms with Crippen LogP contribution in [0.3, 0.4) is 0 Å². The zero-order valence-corrected chi connectivity index (χ0v) is 11.7. The molecule has 1 aromatic rings. The normalized spacial score (nSPS) is 33.5. The van der Waals surface area contributed by atoms with Crippen LogP contribution in [0.2, 0.25) is 0 Å². The van der Waals surface area contributed by atoms with Crippen molar-refractivity contribution >= 4 is 12.1 Å². The summed E-state index contributed by atoms with van der Waals surface area (Å²) in [6.07, 6.45) is 1.26. The second-order valence-corrected chi connectivity index (χ2v) is 5.39. The lowest BCUT2D eigenvalue weighted by atomic mass is 9.83. The molecule has 0 radical (unpaired) electrons. The summed E-state index contributed by atoms with van der Waals surface area (Å²) < 4.78 is 5.50. The van der Waals surface area contributed by atoms with Gasteiger partial charge in [0.05, 0.1) is 12.3 Å². The number of furan rings is 1. The maximum atomic E-state index is 12.1. The number of nitrogens with zero attached hydrogens (tertiary/aromatic N) is 2. The fourth-order valence-corrected chi connectivity index (χ4v) is 3.14. The zero-order valence-electron chi connectivity index (χ0n) is 11.7. The minimum Gasteiger partial charge on any atom is -0.467 e. The van der Waals surface area contributed by atoms with Gasteiger partial charge in [0, 0.05) is 26.1 Å². The Kier molecular flexibility index (Phi) is 2.84. The number of nitrogens with one attached hydrogen (secondary N) is 2. The fraction of sp³-hybridized carbons (Fsp3) is 0.538. The standard InChI is InChI=1S/C13H18N4O3/c1-7-9-10(8-5-4-6-20-8)16(2)13(19)15-11(9)17(3)12(18)14-7/h4-7,9-11H,1-3H3,(H,14,18)(H,15,19)/t7-,9-,10+,11-/m0/s1. The predicted octanol–water partition coefficient (Wildman–Crippen LogP) is 0.961. The molecule has 1 aromatic heterocycles. The molecule has 7 heteroatoms. The van der Waals surface area contributed by atoms with Crippen molar-refractivity contribution in [2.24, 2.45) is 5.92 Å². The third-order valence-electron chi connectivity index (χ3n) is 4.24. The maximum Gasteiger partial charge on any atom is 0.319 e. The smallest absolute Gasteiger partial charge is 0.319 e. The van der Waals surface area contributed by atoms with E-state index in [1.165, 1.54) is 4.90 Å². The van der Waals surface area contributed by atoms with E-state index in [0.717, 1.165) is 5.76 Å². The molecule has 2 aliphatic rings. The molecule has 0 saturated carbocycles. The number of rotatable bonds is 1. The molecule has 3 rings (SSSR count). The van der Waals surface area contributed by atoms with Crippen LogP contribution < -0.4 is 10.6 Å². The number of carbonyl (C=O) groups excluding carboxylic acids is 2. The van der Waals surface area contributed by atoms with Crippen LogP contribution in [0.15, 0.2) is 22.8 Å². The van der Waals surface area contributed by atoms with Crippen LogP contribution in [-0.4, -0.2) is 48.2 Å². The van der Waals surface area contributed by atoms with Gasteiger partial charge < -0.3 is 24.9 Å². The van der Waals surface area contributed by atoms with Gasteiger partial charge in [-0.05, 0) is 19.1 Å². The van der Waals surface area contributed by atoms with Gasteiger partial charge in [0.15, 0.2) is 0 Å². The Morgan fingerprint density at radius 1 is 1.15 bits per heavy atom. The molecule has 108 valence electrons. The van der Waals surface area contributed by atoms with E-state index in [1.54, 1.807) is 31.3 Å². The molecule has 2 aliphatic heterocycles. The summed E-state index contributed by atoms with van der Waals surface area (Å²) in [5, 5.41) is 5.80. The van der Waals surface area contributed by atoms with E-state index < -0.39 is 0 Å². The Morgan fingerprint density at radius 2 is 1.85 bits per heavy atom. The monoisotopic (exact) mass is 278 g/mol. The van der Waals surface area contributed by atoms with E-state index in [0.29, 0.717) is 0 Å². The van der Waals surface area contributed by atoms with Crippen molar-refractivity contribution in [2.45, 2.75) is 25.2 Å². The number of hydrogen-bond acceptors (Lipinski definition) is 3. The Hall–Kier alpha value is -2.18. The summed E-state index contributed by atoms with van der Waals surface area (Å²) in [6, 6.07) is 3.01. The van der Waals surface area contributed by atoms with Crippen molar-refractivity contribution in [2.75, 3.05) is 14.1 Å². The Morgan fingerprint density at radius 3 is 2.50 bits per heavy atom. The molecule has 2 saturated heterocycles. The predicted molar refractivity (Wildman–Crippen MR) is 70.8 cm³/mol. The van der Waals surface area contributed by atoms with Gasteiger partial charge in [-0.3, -0.25) is 0 Å². The van der Waals surface area contributed by atoms with Crippen molar-refractivity contribution in [1.29, 1.82) is 0 Å². The maximum absolute atomic E-state index is 12.1. The molecule has 20 heavy (non-hydrogen) atoms. The Balaban J connectivity index is 2.02. The molecule has 0 aromatic carbocycles. The fourth-order valence-electron chi connectivity index (χ4n) is 3.14. The van der Waals surface area contributed by atoms with Gasteiger partial charge in [0.25, 0.3) is 0 Å². The van der Waals surface area contributed by atoms with Crippen molar-refractivity contribution in [3.8, 4) is 0 Å². The zero-order chi connectivity index (χ0) is 14.4. The summed E-state index contributed by atoms with van der Waals surface area (Å²) in [6.45, 7) is 1.95. The lowest BCUT2D eigenvalue weighted by Crippen LogP contribution is -2.71. The van der Waals surface area contributed by atoms with Crippen molar-refractivity contribution < 1.29 is 14.0 Å². The summed E-state index contributed by atoms with van der Waals surface area (Å²) >= 11 is 0. The van der Waals surface area contributed by atoms with Crippen molar-refractivity contribution in [3.63, 3.8) is 0 Å². The van der Waals surface area contributed by atoms with Crippen LogP contribution in [0.1, 0.15) is 18.7 Å². The van der Waals surface area contributed by atoms with Gasteiger partial charge >= 0.3 is 12.1 Å². The highest BCUT2D eigenvalue weighted by atomic mass is 16.3. The Bertz CT molecular complexity index is 530. The van der Waals surface area contributed by atoms with E-state index >= 15 is 0 Å². The van der Waals surface area contributed by atoms with Gasteiger partial charge in [-0.1, -0.05) is 0 Å². The van der Waals surface area contributed by atoms with Gasteiger partial charge in [-0.25, -0.2) is 9.59 Å². The van der Waals surface area contributed by atoms with Crippen LogP contribution in [0.25, 0.3) is 0 Å². The van der Waals surface area contributed by atoms with Crippen LogP contribution in [0, 0.1) is 5.92 Å². The highest BCUT2D eigenvalue weighted by Gasteiger charge is 2.50. The van der Waals surface area contributed by atoms with Crippen LogP contribution >= 0.6 is 0 Å². The van der Waals surface area contributed by atoms with Crippen molar-refractivity contribution in [3.05, 3.63) is 24.2 Å². The molecular formula is C13H18N4O3. The first-order valence-corrected chi connectivity index (χ1v) is 6.60. The van der Waals surface area contributed by atoms with Crippen LogP contribution in [0.5, 0.6) is 0 Å². The second kappa shape index (κ2) is 4.43. The van der Waals surface area contributed by atoms with E-state index in [1.807, 2.05) is 13.0 Å². The number of amides is 4. The quantitative estimate of drug-likeness (QED) is 0.803. The van der Waals surface area contributed by atoms with E-state index in [4.69, 9.17) is 4.42 Å². The number of carbonyl (C=O) groups is 2. The average Bonchev–Trinajstić information content (AvgIpc) is 2.92. The van der Waals surface area contributed by atoms with Crippen molar-refractivity contribution in [1.82, 2.24) is 20.4 Å². The highest BCUT2D eigenvalue weighted by molar-refractivity contribution is 5.80.